The molecule has 0 unspecified atom stereocenters. The van der Waals surface area contributed by atoms with Crippen molar-refractivity contribution in [2.75, 3.05) is 0 Å². The SMILES string of the molecule is C.CC1CCC(c2ccc(-c3ccc(C4CCC(C)CC4)c(F)c3F)cc2)CC1.[HH].[HH]. The molecule has 2 aromatic carbocycles. The minimum atomic E-state index is -0.685. The van der Waals surface area contributed by atoms with E-state index in [1.165, 1.54) is 31.2 Å². The van der Waals surface area contributed by atoms with Gasteiger partial charge in [-0.25, -0.2) is 8.78 Å². The Kier molecular flexibility index (Phi) is 7.14. The van der Waals surface area contributed by atoms with Gasteiger partial charge in [-0.05, 0) is 66.0 Å². The fourth-order valence-electron chi connectivity index (χ4n) is 5.20. The Morgan fingerprint density at radius 1 is 0.655 bits per heavy atom. The van der Waals surface area contributed by atoms with E-state index in [4.69, 9.17) is 0 Å². The first-order valence-corrected chi connectivity index (χ1v) is 11.1. The van der Waals surface area contributed by atoms with Crippen molar-refractivity contribution in [1.82, 2.24) is 0 Å². The van der Waals surface area contributed by atoms with Gasteiger partial charge in [0.05, 0.1) is 0 Å². The maximum atomic E-state index is 14.9. The van der Waals surface area contributed by atoms with Crippen molar-refractivity contribution in [3.8, 4) is 11.1 Å². The Balaban J connectivity index is 0.00000160. The highest BCUT2D eigenvalue weighted by Crippen LogP contribution is 2.39. The zero-order valence-electron chi connectivity index (χ0n) is 17.2. The van der Waals surface area contributed by atoms with E-state index < -0.39 is 11.6 Å². The first-order chi connectivity index (χ1) is 13.5. The highest BCUT2D eigenvalue weighted by Gasteiger charge is 2.25. The molecule has 2 saturated carbocycles. The molecule has 0 aliphatic heterocycles. The van der Waals surface area contributed by atoms with Gasteiger partial charge in [-0.1, -0.05) is 83.4 Å². The third kappa shape index (κ3) is 4.73. The van der Waals surface area contributed by atoms with Crippen LogP contribution in [0.25, 0.3) is 11.1 Å². The first-order valence-electron chi connectivity index (χ1n) is 11.1. The summed E-state index contributed by atoms with van der Waals surface area (Å²) in [6.45, 7) is 4.57. The van der Waals surface area contributed by atoms with Gasteiger partial charge in [0, 0.05) is 8.42 Å². The van der Waals surface area contributed by atoms with Crippen LogP contribution in [-0.4, -0.2) is 0 Å². The lowest BCUT2D eigenvalue weighted by atomic mass is 9.78. The van der Waals surface area contributed by atoms with Gasteiger partial charge < -0.3 is 0 Å². The van der Waals surface area contributed by atoms with E-state index in [-0.39, 0.29) is 16.2 Å². The molecular formula is C27H40F2. The number of hydrogen-bond acceptors (Lipinski definition) is 0. The molecule has 0 N–H and O–H groups in total. The minimum absolute atomic E-state index is 0. The van der Waals surface area contributed by atoms with E-state index in [0.717, 1.165) is 37.2 Å². The van der Waals surface area contributed by atoms with E-state index in [0.29, 0.717) is 23.0 Å². The summed E-state index contributed by atoms with van der Waals surface area (Å²) >= 11 is 0. The van der Waals surface area contributed by atoms with Crippen molar-refractivity contribution in [3.05, 3.63) is 59.2 Å². The molecule has 2 heteroatoms. The summed E-state index contributed by atoms with van der Waals surface area (Å²) in [5, 5.41) is 0. The van der Waals surface area contributed by atoms with Gasteiger partial charge in [0.1, 0.15) is 0 Å². The molecule has 0 radical (unpaired) electrons. The maximum Gasteiger partial charge on any atom is 0.166 e. The molecule has 162 valence electrons. The Morgan fingerprint density at radius 3 is 1.72 bits per heavy atom. The van der Waals surface area contributed by atoms with Crippen LogP contribution >= 0.6 is 0 Å². The topological polar surface area (TPSA) is 0 Å². The summed E-state index contributed by atoms with van der Waals surface area (Å²) in [6, 6.07) is 11.8. The third-order valence-corrected chi connectivity index (χ3v) is 7.28. The summed E-state index contributed by atoms with van der Waals surface area (Å²) in [7, 11) is 0. The molecule has 0 nitrogen and oxygen atoms in total. The number of rotatable bonds is 3. The zero-order valence-corrected chi connectivity index (χ0v) is 17.2. The van der Waals surface area contributed by atoms with E-state index in [1.807, 2.05) is 18.2 Å². The highest BCUT2D eigenvalue weighted by atomic mass is 19.2. The molecule has 2 aromatic rings. The van der Waals surface area contributed by atoms with Crippen molar-refractivity contribution in [2.45, 2.75) is 84.5 Å². The smallest absolute Gasteiger partial charge is 0.166 e. The number of halogens is 2. The van der Waals surface area contributed by atoms with Gasteiger partial charge in [0.2, 0.25) is 0 Å². The minimum Gasteiger partial charge on any atom is -0.203 e. The molecule has 2 aliphatic rings. The van der Waals surface area contributed by atoms with E-state index in [1.54, 1.807) is 6.07 Å². The molecule has 0 bridgehead atoms. The van der Waals surface area contributed by atoms with Crippen LogP contribution in [0.1, 0.15) is 98.5 Å². The van der Waals surface area contributed by atoms with Gasteiger partial charge >= 0.3 is 0 Å². The molecule has 0 amide bonds. The van der Waals surface area contributed by atoms with Gasteiger partial charge in [-0.3, -0.25) is 0 Å². The summed E-state index contributed by atoms with van der Waals surface area (Å²) < 4.78 is 29.8. The van der Waals surface area contributed by atoms with Crippen molar-refractivity contribution in [2.24, 2.45) is 11.8 Å². The fraction of sp³-hybridized carbons (Fsp3) is 0.556. The molecule has 2 aliphatic carbocycles. The second kappa shape index (κ2) is 9.41. The molecule has 0 saturated heterocycles. The van der Waals surface area contributed by atoms with Crippen LogP contribution < -0.4 is 0 Å². The van der Waals surface area contributed by atoms with Crippen LogP contribution in [0.15, 0.2) is 36.4 Å². The molecule has 0 heterocycles. The normalized spacial score (nSPS) is 27.3. The second-order valence-electron chi connectivity index (χ2n) is 9.37. The Hall–Kier alpha value is -1.70. The first kappa shape index (κ1) is 22.0. The largest absolute Gasteiger partial charge is 0.203 e. The third-order valence-electron chi connectivity index (χ3n) is 7.28. The second-order valence-corrected chi connectivity index (χ2v) is 9.37. The predicted molar refractivity (Wildman–Crippen MR) is 123 cm³/mol. The van der Waals surface area contributed by atoms with Crippen LogP contribution in [0.3, 0.4) is 0 Å². The summed E-state index contributed by atoms with van der Waals surface area (Å²) in [5.41, 5.74) is 3.06. The molecule has 29 heavy (non-hydrogen) atoms. The Bertz CT molecular complexity index is 803. The Labute approximate surface area is 178 Å². The van der Waals surface area contributed by atoms with Crippen molar-refractivity contribution in [3.63, 3.8) is 0 Å². The quantitative estimate of drug-likeness (QED) is 0.479. The zero-order chi connectivity index (χ0) is 19.7. The van der Waals surface area contributed by atoms with Crippen molar-refractivity contribution < 1.29 is 11.6 Å². The van der Waals surface area contributed by atoms with Gasteiger partial charge in [-0.15, -0.1) is 0 Å². The number of benzene rings is 2. The van der Waals surface area contributed by atoms with Crippen LogP contribution in [0.5, 0.6) is 0 Å². The molecule has 4 rings (SSSR count). The monoisotopic (exact) mass is 402 g/mol. The standard InChI is InChI=1S/C26H32F2.CH4.2H2/c1-17-3-7-19(8-4-17)20-11-13-22(14-12-20)24-16-15-23(25(27)26(24)28)21-9-5-18(2)6-10-21;;;/h11-19,21H,3-10H2,1-2H3;1H4;2*1H. The Morgan fingerprint density at radius 2 is 1.17 bits per heavy atom. The molecule has 2 fully saturated rings. The lowest BCUT2D eigenvalue weighted by Gasteiger charge is -2.27. The molecular weight excluding hydrogens is 362 g/mol. The van der Waals surface area contributed by atoms with E-state index in [2.05, 4.69) is 26.0 Å². The van der Waals surface area contributed by atoms with Crippen LogP contribution in [0.2, 0.25) is 0 Å². The van der Waals surface area contributed by atoms with E-state index >= 15 is 0 Å². The van der Waals surface area contributed by atoms with Crippen LogP contribution in [0, 0.1) is 23.5 Å². The summed E-state index contributed by atoms with van der Waals surface area (Å²) in [6.07, 6.45) is 9.18. The van der Waals surface area contributed by atoms with Crippen molar-refractivity contribution >= 4 is 0 Å². The van der Waals surface area contributed by atoms with E-state index in [9.17, 15) is 8.78 Å². The average Bonchev–Trinajstić information content (AvgIpc) is 2.72. The molecule has 0 spiro atoms. The van der Waals surface area contributed by atoms with Gasteiger partial charge in [0.25, 0.3) is 0 Å². The van der Waals surface area contributed by atoms with Crippen molar-refractivity contribution in [1.29, 1.82) is 0 Å². The fourth-order valence-corrected chi connectivity index (χ4v) is 5.20. The molecule has 0 aromatic heterocycles. The van der Waals surface area contributed by atoms with Gasteiger partial charge in [0.15, 0.2) is 11.6 Å². The summed E-state index contributed by atoms with van der Waals surface area (Å²) in [5.74, 6) is 0.990. The maximum absolute atomic E-state index is 14.9. The van der Waals surface area contributed by atoms with Gasteiger partial charge in [-0.2, -0.15) is 0 Å². The van der Waals surface area contributed by atoms with Crippen LogP contribution in [-0.2, 0) is 0 Å². The molecule has 0 atom stereocenters. The lowest BCUT2D eigenvalue weighted by Crippen LogP contribution is -2.13. The summed E-state index contributed by atoms with van der Waals surface area (Å²) in [4.78, 5) is 0. The average molecular weight is 403 g/mol. The number of hydrogen-bond donors (Lipinski definition) is 0. The van der Waals surface area contributed by atoms with Crippen LogP contribution in [0.4, 0.5) is 8.78 Å². The highest BCUT2D eigenvalue weighted by molar-refractivity contribution is 5.65. The lowest BCUT2D eigenvalue weighted by molar-refractivity contribution is 0.339. The predicted octanol–water partition coefficient (Wildman–Crippen LogP) is 9.35.